The van der Waals surface area contributed by atoms with Crippen LogP contribution >= 0.6 is 11.6 Å². The summed E-state index contributed by atoms with van der Waals surface area (Å²) in [6, 6.07) is 9.70. The number of allylic oxidation sites excluding steroid dienone is 2. The van der Waals surface area contributed by atoms with Crippen LogP contribution in [-0.2, 0) is 19.1 Å². The van der Waals surface area contributed by atoms with Gasteiger partial charge in [-0.25, -0.2) is 18.6 Å². The van der Waals surface area contributed by atoms with E-state index in [1.807, 2.05) is 0 Å². The summed E-state index contributed by atoms with van der Waals surface area (Å²) >= 11 is 5.33. The lowest BCUT2D eigenvalue weighted by Crippen LogP contribution is -2.33. The molecule has 0 spiro atoms. The van der Waals surface area contributed by atoms with Crippen LogP contribution in [0, 0.1) is 5.82 Å². The molecular weight excluding hydrogens is 546 g/mol. The van der Waals surface area contributed by atoms with Gasteiger partial charge in [-0.1, -0.05) is 23.7 Å². The number of carbonyl (C=O) groups is 3. The Morgan fingerprint density at radius 1 is 1.18 bits per heavy atom. The quantitative estimate of drug-likeness (QED) is 0.199. The number of pyridine rings is 1. The molecule has 2 aromatic rings. The summed E-state index contributed by atoms with van der Waals surface area (Å²) in [5.74, 6) is -0.582. The standard InChI is InChI=1S/C15H20FN3O2.C7H13NO3.C6H4ClF/c1-17-8-13(16)6-12(9-20)14(10-21-3)11-4-5-19-15(7-11)18-2;1-7(2,3)11-6(10)8-4-5-9;7-5-3-1-2-4-6(5)8/h4-9,14,17H,10H2,1-3H3,(H,18,19);5H,4H2,1-3H3,(H,8,10);1-4H/b12-6+,13-8+;;. The second-order valence-corrected chi connectivity index (χ2v) is 9.18. The van der Waals surface area contributed by atoms with E-state index in [9.17, 15) is 23.2 Å². The lowest BCUT2D eigenvalue weighted by Gasteiger charge is -2.18. The molecule has 2 rings (SSSR count). The molecular formula is C28H37ClF2N4O5. The van der Waals surface area contributed by atoms with Crippen LogP contribution in [0.5, 0.6) is 0 Å². The Hall–Kier alpha value is -3.83. The highest BCUT2D eigenvalue weighted by Gasteiger charge is 2.18. The second-order valence-electron chi connectivity index (χ2n) is 8.78. The summed E-state index contributed by atoms with van der Waals surface area (Å²) in [5, 5.41) is 7.94. The Kier molecular flexibility index (Phi) is 18.2. The number of carbonyl (C=O) groups excluding carboxylic acids is 3. The summed E-state index contributed by atoms with van der Waals surface area (Å²) < 4.78 is 35.8. The van der Waals surface area contributed by atoms with Gasteiger partial charge in [-0.05, 0) is 56.7 Å². The van der Waals surface area contributed by atoms with Gasteiger partial charge in [-0.2, -0.15) is 0 Å². The maximum Gasteiger partial charge on any atom is 0.408 e. The number of amides is 1. The van der Waals surface area contributed by atoms with Crippen LogP contribution in [0.2, 0.25) is 5.02 Å². The second kappa shape index (κ2) is 20.1. The fraction of sp³-hybridized carbons (Fsp3) is 0.357. The number of halogens is 3. The molecule has 0 bridgehead atoms. The fourth-order valence-electron chi connectivity index (χ4n) is 2.79. The summed E-state index contributed by atoms with van der Waals surface area (Å²) in [4.78, 5) is 36.0. The molecule has 0 fully saturated rings. The topological polar surface area (TPSA) is 119 Å². The molecule has 0 radical (unpaired) electrons. The number of alkyl carbamates (subject to hydrolysis) is 1. The Morgan fingerprint density at radius 3 is 2.33 bits per heavy atom. The van der Waals surface area contributed by atoms with Crippen molar-refractivity contribution in [3.8, 4) is 0 Å². The predicted molar refractivity (Wildman–Crippen MR) is 153 cm³/mol. The van der Waals surface area contributed by atoms with E-state index in [0.29, 0.717) is 24.0 Å². The van der Waals surface area contributed by atoms with E-state index in [1.165, 1.54) is 31.5 Å². The Morgan fingerprint density at radius 2 is 1.85 bits per heavy atom. The molecule has 40 heavy (non-hydrogen) atoms. The van der Waals surface area contributed by atoms with E-state index in [0.717, 1.165) is 5.56 Å². The van der Waals surface area contributed by atoms with Crippen LogP contribution in [0.15, 0.2) is 66.3 Å². The molecule has 1 amide bonds. The van der Waals surface area contributed by atoms with E-state index in [4.69, 9.17) is 21.1 Å². The maximum atomic E-state index is 13.6. The summed E-state index contributed by atoms with van der Waals surface area (Å²) in [5.41, 5.74) is 0.619. The average Bonchev–Trinajstić information content (AvgIpc) is 2.91. The third-order valence-corrected chi connectivity index (χ3v) is 4.76. The lowest BCUT2D eigenvalue weighted by atomic mass is 9.92. The Labute approximate surface area is 239 Å². The van der Waals surface area contributed by atoms with Gasteiger partial charge in [0.1, 0.15) is 35.6 Å². The SMILES string of the molecule is CC(C)(C)OC(=O)NCC=O.CN/C=C(F)\C=C(/C=O)C(COC)c1ccnc(NC)c1.Fc1ccccc1Cl. The third-order valence-electron chi connectivity index (χ3n) is 4.45. The average molecular weight is 583 g/mol. The van der Waals surface area contributed by atoms with Crippen LogP contribution in [0.1, 0.15) is 32.3 Å². The fourth-order valence-corrected chi connectivity index (χ4v) is 2.92. The van der Waals surface area contributed by atoms with Crippen molar-refractivity contribution in [3.63, 3.8) is 0 Å². The molecule has 1 heterocycles. The number of benzene rings is 1. The number of anilines is 1. The van der Waals surface area contributed by atoms with Gasteiger partial charge in [0.2, 0.25) is 0 Å². The highest BCUT2D eigenvalue weighted by Crippen LogP contribution is 2.26. The molecule has 3 N–H and O–H groups in total. The Balaban J connectivity index is 0.000000663. The van der Waals surface area contributed by atoms with Crippen LogP contribution < -0.4 is 16.0 Å². The first-order valence-corrected chi connectivity index (χ1v) is 12.4. The van der Waals surface area contributed by atoms with E-state index in [-0.39, 0.29) is 29.9 Å². The van der Waals surface area contributed by atoms with Crippen molar-refractivity contribution in [3.05, 3.63) is 82.7 Å². The maximum absolute atomic E-state index is 13.6. The molecule has 0 aliphatic heterocycles. The normalized spacial score (nSPS) is 11.9. The molecule has 220 valence electrons. The van der Waals surface area contributed by atoms with Gasteiger partial charge >= 0.3 is 6.09 Å². The van der Waals surface area contributed by atoms with Gasteiger partial charge in [0, 0.05) is 45.1 Å². The highest BCUT2D eigenvalue weighted by atomic mass is 35.5. The number of hydrogen-bond donors (Lipinski definition) is 3. The van der Waals surface area contributed by atoms with Crippen LogP contribution in [-0.4, -0.2) is 63.6 Å². The number of aromatic nitrogens is 1. The van der Waals surface area contributed by atoms with E-state index in [1.54, 1.807) is 65.3 Å². The van der Waals surface area contributed by atoms with Crippen LogP contribution in [0.4, 0.5) is 19.4 Å². The summed E-state index contributed by atoms with van der Waals surface area (Å²) in [6.45, 7) is 5.54. The van der Waals surface area contributed by atoms with Crippen molar-refractivity contribution in [1.82, 2.24) is 15.6 Å². The van der Waals surface area contributed by atoms with Crippen LogP contribution in [0.25, 0.3) is 0 Å². The van der Waals surface area contributed by atoms with Crippen molar-refractivity contribution in [1.29, 1.82) is 0 Å². The Bertz CT molecular complexity index is 1100. The number of aldehydes is 2. The first-order valence-electron chi connectivity index (χ1n) is 12.0. The monoisotopic (exact) mass is 582 g/mol. The van der Waals surface area contributed by atoms with Gasteiger partial charge < -0.3 is 30.2 Å². The van der Waals surface area contributed by atoms with Crippen molar-refractivity contribution in [2.24, 2.45) is 0 Å². The predicted octanol–water partition coefficient (Wildman–Crippen LogP) is 5.20. The number of rotatable bonds is 10. The molecule has 1 unspecified atom stereocenters. The van der Waals surface area contributed by atoms with Crippen molar-refractivity contribution >= 4 is 36.1 Å². The zero-order valence-corrected chi connectivity index (χ0v) is 24.2. The lowest BCUT2D eigenvalue weighted by molar-refractivity contribution is -0.107. The summed E-state index contributed by atoms with van der Waals surface area (Å²) in [7, 11) is 4.88. The molecule has 0 saturated carbocycles. The van der Waals surface area contributed by atoms with Gasteiger partial charge in [-0.3, -0.25) is 4.79 Å². The molecule has 1 atom stereocenters. The minimum Gasteiger partial charge on any atom is -0.444 e. The first-order chi connectivity index (χ1) is 18.9. The van der Waals surface area contributed by atoms with Crippen molar-refractivity contribution in [2.45, 2.75) is 32.3 Å². The smallest absolute Gasteiger partial charge is 0.408 e. The van der Waals surface area contributed by atoms with Gasteiger partial charge in [0.25, 0.3) is 0 Å². The van der Waals surface area contributed by atoms with Gasteiger partial charge in [0.15, 0.2) is 0 Å². The van der Waals surface area contributed by atoms with E-state index >= 15 is 0 Å². The number of hydrogen-bond acceptors (Lipinski definition) is 8. The highest BCUT2D eigenvalue weighted by molar-refractivity contribution is 6.30. The third kappa shape index (κ3) is 16.2. The molecule has 0 aliphatic carbocycles. The minimum absolute atomic E-state index is 0.00505. The number of ether oxygens (including phenoxy) is 2. The zero-order chi connectivity index (χ0) is 30.6. The molecule has 0 aliphatic rings. The zero-order valence-electron chi connectivity index (χ0n) is 23.5. The van der Waals surface area contributed by atoms with E-state index in [2.05, 4.69) is 20.9 Å². The first kappa shape index (κ1) is 36.2. The van der Waals surface area contributed by atoms with Gasteiger partial charge in [-0.15, -0.1) is 0 Å². The van der Waals surface area contributed by atoms with E-state index < -0.39 is 17.5 Å². The van der Waals surface area contributed by atoms with Crippen molar-refractivity contribution < 1.29 is 32.6 Å². The van der Waals surface area contributed by atoms with Crippen molar-refractivity contribution in [2.75, 3.05) is 39.7 Å². The summed E-state index contributed by atoms with van der Waals surface area (Å²) in [6.07, 6.45) is 4.69. The molecule has 9 nitrogen and oxygen atoms in total. The van der Waals surface area contributed by atoms with Crippen LogP contribution in [0.3, 0.4) is 0 Å². The largest absolute Gasteiger partial charge is 0.444 e. The molecule has 0 saturated heterocycles. The number of nitrogens with one attached hydrogen (secondary N) is 3. The minimum atomic E-state index is -0.565. The van der Waals surface area contributed by atoms with Gasteiger partial charge in [0.05, 0.1) is 18.2 Å². The molecule has 1 aromatic carbocycles. The number of methoxy groups -OCH3 is 1. The number of nitrogens with zero attached hydrogens (tertiary/aromatic N) is 1. The molecule has 12 heteroatoms. The molecule has 1 aromatic heterocycles.